The predicted octanol–water partition coefficient (Wildman–Crippen LogP) is 2.43. The number of amides is 1. The minimum absolute atomic E-state index is 0.0344. The Morgan fingerprint density at radius 3 is 2.50 bits per heavy atom. The van der Waals surface area contributed by atoms with Crippen LogP contribution in [0.5, 0.6) is 5.75 Å². The lowest BCUT2D eigenvalue weighted by Gasteiger charge is -2.07. The van der Waals surface area contributed by atoms with E-state index in [1.54, 1.807) is 11.8 Å². The quantitative estimate of drug-likeness (QED) is 0.643. The molecule has 0 fully saturated rings. The second-order valence-electron chi connectivity index (χ2n) is 5.36. The van der Waals surface area contributed by atoms with E-state index in [-0.39, 0.29) is 19.0 Å². The first-order chi connectivity index (χ1) is 12.6. The van der Waals surface area contributed by atoms with Gasteiger partial charge in [-0.15, -0.1) is 5.10 Å². The summed E-state index contributed by atoms with van der Waals surface area (Å²) in [6.45, 7) is -0.00593. The molecule has 26 heavy (non-hydrogen) atoms. The number of ether oxygens (including phenoxy) is 1. The number of benzene rings is 2. The minimum atomic E-state index is -0.440. The molecule has 3 aromatic rings. The topological polar surface area (TPSA) is 89.3 Å². The summed E-state index contributed by atoms with van der Waals surface area (Å²) in [5, 5.41) is 15.8. The van der Waals surface area contributed by atoms with Crippen molar-refractivity contribution >= 4 is 21.8 Å². The molecule has 2 aromatic carbocycles. The minimum Gasteiger partial charge on any atom is -0.497 e. The summed E-state index contributed by atoms with van der Waals surface area (Å²) in [5.41, 5.74) is 1.56. The largest absolute Gasteiger partial charge is 0.497 e. The summed E-state index contributed by atoms with van der Waals surface area (Å²) < 4.78 is 7.73. The van der Waals surface area contributed by atoms with Gasteiger partial charge in [0.25, 0.3) is 5.91 Å². The van der Waals surface area contributed by atoms with E-state index < -0.39 is 5.91 Å². The molecule has 0 bridgehead atoms. The Morgan fingerprint density at radius 2 is 1.88 bits per heavy atom. The van der Waals surface area contributed by atoms with Gasteiger partial charge in [0.05, 0.1) is 19.4 Å². The second-order valence-corrected chi connectivity index (χ2v) is 6.27. The Labute approximate surface area is 158 Å². The van der Waals surface area contributed by atoms with E-state index in [0.29, 0.717) is 5.82 Å². The molecule has 1 aromatic heterocycles. The zero-order valence-electron chi connectivity index (χ0n) is 14.0. The van der Waals surface area contributed by atoms with Crippen molar-refractivity contribution in [1.29, 1.82) is 0 Å². The number of nitrogens with one attached hydrogen (secondary N) is 1. The second kappa shape index (κ2) is 8.11. The van der Waals surface area contributed by atoms with Crippen molar-refractivity contribution in [3.63, 3.8) is 0 Å². The molecular formula is C18H17BrN4O3. The number of aliphatic hydroxyl groups is 1. The average Bonchev–Trinajstić information content (AvgIpc) is 3.12. The van der Waals surface area contributed by atoms with E-state index in [1.165, 1.54) is 0 Å². The molecule has 2 N–H and O–H groups in total. The first kappa shape index (κ1) is 18.1. The van der Waals surface area contributed by atoms with Crippen LogP contribution < -0.4 is 10.1 Å². The normalized spacial score (nSPS) is 10.6. The van der Waals surface area contributed by atoms with E-state index in [4.69, 9.17) is 9.84 Å². The molecule has 134 valence electrons. The van der Waals surface area contributed by atoms with Gasteiger partial charge < -0.3 is 15.2 Å². The number of rotatable bonds is 6. The van der Waals surface area contributed by atoms with Gasteiger partial charge in [0.15, 0.2) is 5.82 Å². The van der Waals surface area contributed by atoms with Crippen molar-refractivity contribution in [2.24, 2.45) is 0 Å². The molecule has 8 heteroatoms. The van der Waals surface area contributed by atoms with E-state index in [2.05, 4.69) is 31.3 Å². The maximum Gasteiger partial charge on any atom is 0.291 e. The van der Waals surface area contributed by atoms with Gasteiger partial charge in [-0.3, -0.25) is 4.79 Å². The number of carbonyl (C=O) groups is 1. The van der Waals surface area contributed by atoms with Crippen LogP contribution in [0, 0.1) is 0 Å². The smallest absolute Gasteiger partial charge is 0.291 e. The molecule has 0 saturated carbocycles. The van der Waals surface area contributed by atoms with Gasteiger partial charge in [-0.25, -0.2) is 9.67 Å². The third-order valence-electron chi connectivity index (χ3n) is 3.63. The van der Waals surface area contributed by atoms with E-state index in [9.17, 15) is 4.79 Å². The molecule has 0 unspecified atom stereocenters. The van der Waals surface area contributed by atoms with Crippen LogP contribution in [0.25, 0.3) is 17.1 Å². The standard InChI is InChI=1S/C18H17BrN4O3/c1-26-15-8-6-14(7-9-15)23-17(12-2-4-13(19)5-3-12)21-16(22-23)18(25)20-10-11-24/h2-9,24H,10-11H2,1H3,(H,20,25). The SMILES string of the molecule is COc1ccc(-n2nc(C(=O)NCCO)nc2-c2ccc(Br)cc2)cc1. The number of halogens is 1. The molecule has 3 rings (SSSR count). The molecule has 0 atom stereocenters. The average molecular weight is 417 g/mol. The van der Waals surface area contributed by atoms with Gasteiger partial charge in [0.2, 0.25) is 5.82 Å². The lowest BCUT2D eigenvalue weighted by molar-refractivity contribution is 0.0934. The summed E-state index contributed by atoms with van der Waals surface area (Å²) in [6.07, 6.45) is 0. The van der Waals surface area contributed by atoms with Crippen molar-refractivity contribution in [3.05, 3.63) is 58.8 Å². The van der Waals surface area contributed by atoms with Crippen LogP contribution >= 0.6 is 15.9 Å². The molecule has 0 aliphatic rings. The monoisotopic (exact) mass is 416 g/mol. The molecule has 0 aliphatic heterocycles. The van der Waals surface area contributed by atoms with E-state index in [0.717, 1.165) is 21.5 Å². The highest BCUT2D eigenvalue weighted by Crippen LogP contribution is 2.24. The molecule has 0 spiro atoms. The zero-order chi connectivity index (χ0) is 18.5. The summed E-state index contributed by atoms with van der Waals surface area (Å²) >= 11 is 3.41. The van der Waals surface area contributed by atoms with Crippen molar-refractivity contribution in [3.8, 4) is 22.8 Å². The van der Waals surface area contributed by atoms with Gasteiger partial charge in [-0.2, -0.15) is 0 Å². The van der Waals surface area contributed by atoms with Crippen LogP contribution in [-0.2, 0) is 0 Å². The lowest BCUT2D eigenvalue weighted by atomic mass is 10.2. The molecule has 0 radical (unpaired) electrons. The predicted molar refractivity (Wildman–Crippen MR) is 100 cm³/mol. The lowest BCUT2D eigenvalue weighted by Crippen LogP contribution is -2.27. The number of carbonyl (C=O) groups excluding carboxylic acids is 1. The van der Waals surface area contributed by atoms with Crippen LogP contribution in [0.2, 0.25) is 0 Å². The van der Waals surface area contributed by atoms with Crippen LogP contribution in [-0.4, -0.2) is 46.0 Å². The number of aromatic nitrogens is 3. The van der Waals surface area contributed by atoms with Gasteiger partial charge in [0, 0.05) is 16.6 Å². The Morgan fingerprint density at radius 1 is 1.19 bits per heavy atom. The molecule has 0 aliphatic carbocycles. The summed E-state index contributed by atoms with van der Waals surface area (Å²) in [7, 11) is 1.60. The van der Waals surface area contributed by atoms with Crippen LogP contribution in [0.15, 0.2) is 53.0 Å². The fourth-order valence-corrected chi connectivity index (χ4v) is 2.61. The third-order valence-corrected chi connectivity index (χ3v) is 4.16. The number of hydrogen-bond donors (Lipinski definition) is 2. The van der Waals surface area contributed by atoms with Crippen LogP contribution in [0.4, 0.5) is 0 Å². The first-order valence-electron chi connectivity index (χ1n) is 7.89. The molecule has 1 amide bonds. The summed E-state index contributed by atoms with van der Waals surface area (Å²) in [5.74, 6) is 0.855. The summed E-state index contributed by atoms with van der Waals surface area (Å²) in [6, 6.07) is 14.9. The van der Waals surface area contributed by atoms with Crippen LogP contribution in [0.1, 0.15) is 10.6 Å². The molecule has 7 nitrogen and oxygen atoms in total. The fourth-order valence-electron chi connectivity index (χ4n) is 2.35. The Kier molecular flexibility index (Phi) is 5.65. The van der Waals surface area contributed by atoms with Gasteiger partial charge in [0.1, 0.15) is 5.75 Å². The number of nitrogens with zero attached hydrogens (tertiary/aromatic N) is 3. The van der Waals surface area contributed by atoms with Gasteiger partial charge in [-0.05, 0) is 36.4 Å². The Bertz CT molecular complexity index is 892. The zero-order valence-corrected chi connectivity index (χ0v) is 15.6. The summed E-state index contributed by atoms with van der Waals surface area (Å²) in [4.78, 5) is 16.6. The van der Waals surface area contributed by atoms with E-state index in [1.807, 2.05) is 48.5 Å². The fraction of sp³-hybridized carbons (Fsp3) is 0.167. The van der Waals surface area contributed by atoms with Crippen molar-refractivity contribution in [2.75, 3.05) is 20.3 Å². The highest BCUT2D eigenvalue weighted by molar-refractivity contribution is 9.10. The van der Waals surface area contributed by atoms with Crippen molar-refractivity contribution < 1.29 is 14.6 Å². The Balaban J connectivity index is 2.05. The van der Waals surface area contributed by atoms with E-state index >= 15 is 0 Å². The van der Waals surface area contributed by atoms with Crippen molar-refractivity contribution in [1.82, 2.24) is 20.1 Å². The molecule has 1 heterocycles. The van der Waals surface area contributed by atoms with Crippen LogP contribution in [0.3, 0.4) is 0 Å². The van der Waals surface area contributed by atoms with Gasteiger partial charge in [-0.1, -0.05) is 28.1 Å². The van der Waals surface area contributed by atoms with Crippen molar-refractivity contribution in [2.45, 2.75) is 0 Å². The number of aliphatic hydroxyl groups excluding tert-OH is 1. The third kappa shape index (κ3) is 3.92. The molecular weight excluding hydrogens is 400 g/mol. The number of hydrogen-bond acceptors (Lipinski definition) is 5. The highest BCUT2D eigenvalue weighted by atomic mass is 79.9. The maximum atomic E-state index is 12.2. The Hall–Kier alpha value is -2.71. The molecule has 0 saturated heterocycles. The first-order valence-corrected chi connectivity index (χ1v) is 8.68. The maximum absolute atomic E-state index is 12.2. The number of methoxy groups -OCH3 is 1. The highest BCUT2D eigenvalue weighted by Gasteiger charge is 2.18. The van der Waals surface area contributed by atoms with Gasteiger partial charge >= 0.3 is 0 Å².